The molecule has 0 saturated heterocycles. The number of nitrogens with zero attached hydrogens (tertiary/aromatic N) is 2. The second-order valence-corrected chi connectivity index (χ2v) is 8.12. The summed E-state index contributed by atoms with van der Waals surface area (Å²) in [6.45, 7) is 0. The molecule has 0 radical (unpaired) electrons. The van der Waals surface area contributed by atoms with Gasteiger partial charge in [-0.15, -0.1) is 0 Å². The first kappa shape index (κ1) is 22.5. The number of methoxy groups -OCH3 is 1. The van der Waals surface area contributed by atoms with Crippen molar-refractivity contribution in [1.82, 2.24) is 4.98 Å². The fraction of sp³-hybridized carbons (Fsp3) is 0.0800. The van der Waals surface area contributed by atoms with Crippen LogP contribution in [0.5, 0.6) is 5.75 Å². The molecule has 4 aromatic rings. The zero-order chi connectivity index (χ0) is 24.9. The molecule has 1 N–H and O–H groups in total. The number of benzene rings is 2. The van der Waals surface area contributed by atoms with E-state index < -0.39 is 35.1 Å². The molecule has 35 heavy (non-hydrogen) atoms. The van der Waals surface area contributed by atoms with E-state index >= 15 is 0 Å². The Bertz CT molecular complexity index is 1530. The van der Waals surface area contributed by atoms with E-state index in [1.807, 2.05) is 0 Å². The van der Waals surface area contributed by atoms with Crippen LogP contribution in [0.25, 0.3) is 11.0 Å². The van der Waals surface area contributed by atoms with Crippen molar-refractivity contribution in [2.75, 3.05) is 12.0 Å². The Morgan fingerprint density at radius 3 is 2.69 bits per heavy atom. The smallest absolute Gasteiger partial charge is 0.294 e. The number of aliphatic hydroxyl groups excluding tert-OH is 1. The molecule has 0 aliphatic carbocycles. The van der Waals surface area contributed by atoms with E-state index in [0.717, 1.165) is 17.0 Å². The van der Waals surface area contributed by atoms with Crippen molar-refractivity contribution in [2.45, 2.75) is 6.04 Å². The summed E-state index contributed by atoms with van der Waals surface area (Å²) in [7, 11) is 1.41. The number of furan rings is 1. The molecule has 3 heterocycles. The number of aliphatic hydroxyl groups is 1. The maximum Gasteiger partial charge on any atom is 0.294 e. The van der Waals surface area contributed by atoms with Crippen molar-refractivity contribution in [3.8, 4) is 5.75 Å². The van der Waals surface area contributed by atoms with Crippen LogP contribution in [-0.4, -0.2) is 28.9 Å². The second-order valence-electron chi connectivity index (χ2n) is 7.69. The van der Waals surface area contributed by atoms with Gasteiger partial charge in [0, 0.05) is 34.9 Å². The summed E-state index contributed by atoms with van der Waals surface area (Å²) in [4.78, 5) is 31.6. The van der Waals surface area contributed by atoms with Gasteiger partial charge in [0.05, 0.1) is 24.4 Å². The van der Waals surface area contributed by atoms with Crippen molar-refractivity contribution in [3.05, 3.63) is 100 Å². The maximum absolute atomic E-state index is 14.7. The number of amides is 1. The van der Waals surface area contributed by atoms with Crippen molar-refractivity contribution in [3.63, 3.8) is 0 Å². The third-order valence-corrected chi connectivity index (χ3v) is 5.83. The highest BCUT2D eigenvalue weighted by Gasteiger charge is 2.46. The fourth-order valence-electron chi connectivity index (χ4n) is 4.10. The minimum atomic E-state index is -1.26. The molecular formula is C25H15ClF2N2O5. The number of carbonyl (C=O) groups is 2. The van der Waals surface area contributed by atoms with Gasteiger partial charge in [-0.3, -0.25) is 19.5 Å². The van der Waals surface area contributed by atoms with Crippen LogP contribution in [-0.2, 0) is 4.79 Å². The summed E-state index contributed by atoms with van der Waals surface area (Å²) in [5, 5.41) is 11.6. The van der Waals surface area contributed by atoms with Crippen LogP contribution in [0, 0.1) is 11.6 Å². The van der Waals surface area contributed by atoms with E-state index in [4.69, 9.17) is 20.8 Å². The van der Waals surface area contributed by atoms with Gasteiger partial charge in [-0.25, -0.2) is 8.78 Å². The Morgan fingerprint density at radius 2 is 2.00 bits per heavy atom. The largest absolute Gasteiger partial charge is 0.503 e. The number of rotatable bonds is 5. The summed E-state index contributed by atoms with van der Waals surface area (Å²) < 4.78 is 39.3. The summed E-state index contributed by atoms with van der Waals surface area (Å²) in [5.41, 5.74) is -0.119. The van der Waals surface area contributed by atoms with E-state index in [9.17, 15) is 23.5 Å². The summed E-state index contributed by atoms with van der Waals surface area (Å²) in [6.07, 6.45) is 2.85. The van der Waals surface area contributed by atoms with E-state index in [0.29, 0.717) is 22.0 Å². The molecule has 2 aromatic heterocycles. The van der Waals surface area contributed by atoms with Gasteiger partial charge in [0.15, 0.2) is 22.9 Å². The van der Waals surface area contributed by atoms with E-state index in [-0.39, 0.29) is 28.4 Å². The number of aromatic nitrogens is 1. The number of ether oxygens (including phenoxy) is 1. The molecule has 0 bridgehead atoms. The summed E-state index contributed by atoms with van der Waals surface area (Å²) in [5.74, 6) is -4.56. The molecule has 2 aromatic carbocycles. The van der Waals surface area contributed by atoms with Crippen LogP contribution in [0.15, 0.2) is 76.7 Å². The van der Waals surface area contributed by atoms with Gasteiger partial charge in [0.1, 0.15) is 11.6 Å². The molecular weight excluding hydrogens is 482 g/mol. The van der Waals surface area contributed by atoms with Gasteiger partial charge >= 0.3 is 0 Å². The van der Waals surface area contributed by atoms with Crippen LogP contribution in [0.2, 0.25) is 5.02 Å². The minimum Gasteiger partial charge on any atom is -0.503 e. The number of hydrogen-bond acceptors (Lipinski definition) is 6. The maximum atomic E-state index is 14.7. The standard InChI is InChI=1S/C25H15ClF2N2O5/c1-34-19-9-14(26)7-13-8-18(35-24(13)19)22(31)20-21(12-3-2-6-29-11-12)30(25(33)23(20)32)17-5-4-15(27)10-16(17)28/h2-11,21,32H,1H3. The molecule has 10 heteroatoms. The molecule has 1 unspecified atom stereocenters. The molecule has 0 spiro atoms. The number of halogens is 3. The van der Waals surface area contributed by atoms with Crippen LogP contribution in [0.1, 0.15) is 22.2 Å². The first-order valence-corrected chi connectivity index (χ1v) is 10.6. The molecule has 1 aliphatic rings. The second kappa shape index (κ2) is 8.52. The Morgan fingerprint density at radius 1 is 1.20 bits per heavy atom. The molecule has 1 amide bonds. The lowest BCUT2D eigenvalue weighted by molar-refractivity contribution is -0.117. The number of anilines is 1. The summed E-state index contributed by atoms with van der Waals surface area (Å²) in [6, 6.07) is 8.97. The van der Waals surface area contributed by atoms with Gasteiger partial charge in [0.2, 0.25) is 5.78 Å². The SMILES string of the molecule is COc1cc(Cl)cc2cc(C(=O)C3=C(O)C(=O)N(c4ccc(F)cc4F)C3c3cccnc3)oc12. The lowest BCUT2D eigenvalue weighted by Gasteiger charge is -2.26. The van der Waals surface area contributed by atoms with Crippen molar-refractivity contribution in [2.24, 2.45) is 0 Å². The van der Waals surface area contributed by atoms with E-state index in [1.165, 1.54) is 31.6 Å². The number of carbonyl (C=O) groups excluding carboxylic acids is 2. The highest BCUT2D eigenvalue weighted by molar-refractivity contribution is 6.31. The molecule has 0 fully saturated rings. The Hall–Kier alpha value is -4.24. The van der Waals surface area contributed by atoms with Crippen molar-refractivity contribution < 1.29 is 32.6 Å². The van der Waals surface area contributed by atoms with Crippen molar-refractivity contribution in [1.29, 1.82) is 0 Å². The highest BCUT2D eigenvalue weighted by atomic mass is 35.5. The van der Waals surface area contributed by atoms with Gasteiger partial charge < -0.3 is 14.3 Å². The molecule has 1 aliphatic heterocycles. The lowest BCUT2D eigenvalue weighted by atomic mass is 9.96. The Labute approximate surface area is 201 Å². The molecule has 5 rings (SSSR count). The lowest BCUT2D eigenvalue weighted by Crippen LogP contribution is -2.31. The highest BCUT2D eigenvalue weighted by Crippen LogP contribution is 2.43. The average Bonchev–Trinajstić information content (AvgIpc) is 3.38. The van der Waals surface area contributed by atoms with Crippen LogP contribution in [0.4, 0.5) is 14.5 Å². The Kier molecular flexibility index (Phi) is 5.49. The number of fused-ring (bicyclic) bond motifs is 1. The fourth-order valence-corrected chi connectivity index (χ4v) is 4.31. The van der Waals surface area contributed by atoms with Crippen LogP contribution >= 0.6 is 11.6 Å². The average molecular weight is 497 g/mol. The van der Waals surface area contributed by atoms with E-state index in [1.54, 1.807) is 18.2 Å². The zero-order valence-corrected chi connectivity index (χ0v) is 18.7. The molecule has 7 nitrogen and oxygen atoms in total. The first-order valence-electron chi connectivity index (χ1n) is 10.2. The number of hydrogen-bond donors (Lipinski definition) is 1. The van der Waals surface area contributed by atoms with Crippen LogP contribution < -0.4 is 9.64 Å². The number of Topliss-reactive ketones (excluding diaryl/α,β-unsaturated/α-hetero) is 1. The Balaban J connectivity index is 1.67. The van der Waals surface area contributed by atoms with Gasteiger partial charge in [-0.05, 0) is 35.9 Å². The zero-order valence-electron chi connectivity index (χ0n) is 18.0. The third kappa shape index (κ3) is 3.70. The van der Waals surface area contributed by atoms with E-state index in [2.05, 4.69) is 4.98 Å². The van der Waals surface area contributed by atoms with Gasteiger partial charge in [0.25, 0.3) is 5.91 Å². The molecule has 1 atom stereocenters. The minimum absolute atomic E-state index is 0.203. The van der Waals surface area contributed by atoms with Crippen LogP contribution in [0.3, 0.4) is 0 Å². The molecule has 176 valence electrons. The number of pyridine rings is 1. The first-order chi connectivity index (χ1) is 16.8. The monoisotopic (exact) mass is 496 g/mol. The predicted octanol–water partition coefficient (Wildman–Crippen LogP) is 5.55. The quantitative estimate of drug-likeness (QED) is 0.364. The van der Waals surface area contributed by atoms with Gasteiger partial charge in [-0.1, -0.05) is 17.7 Å². The van der Waals surface area contributed by atoms with Gasteiger partial charge in [-0.2, -0.15) is 0 Å². The van der Waals surface area contributed by atoms with Crippen molar-refractivity contribution >= 4 is 39.9 Å². The topological polar surface area (TPSA) is 92.9 Å². The normalized spacial score (nSPS) is 15.8. The predicted molar refractivity (Wildman–Crippen MR) is 123 cm³/mol. The number of ketones is 1. The molecule has 0 saturated carbocycles. The third-order valence-electron chi connectivity index (χ3n) is 5.61. The summed E-state index contributed by atoms with van der Waals surface area (Å²) >= 11 is 6.10.